The number of carbonyl (C=O) groups excluding carboxylic acids is 1. The Bertz CT molecular complexity index is 520. The molecule has 0 aliphatic rings. The maximum absolute atomic E-state index is 11.0. The first-order valence-corrected chi connectivity index (χ1v) is 4.87. The Morgan fingerprint density at radius 2 is 2.00 bits per heavy atom. The van der Waals surface area contributed by atoms with Gasteiger partial charge in [0, 0.05) is 6.20 Å². The highest BCUT2D eigenvalue weighted by molar-refractivity contribution is 5.91. The van der Waals surface area contributed by atoms with E-state index in [2.05, 4.69) is 9.97 Å². The Balaban J connectivity index is 2.44. The summed E-state index contributed by atoms with van der Waals surface area (Å²) >= 11 is 0. The van der Waals surface area contributed by atoms with Crippen molar-refractivity contribution in [3.05, 3.63) is 47.8 Å². The number of aryl methyl sites for hydroxylation is 1. The molecule has 2 aromatic rings. The summed E-state index contributed by atoms with van der Waals surface area (Å²) in [5.41, 5.74) is 7.87. The minimum atomic E-state index is -0.533. The van der Waals surface area contributed by atoms with Crippen LogP contribution in [0.2, 0.25) is 0 Å². The molecular formula is C12H11N3O. The van der Waals surface area contributed by atoms with Gasteiger partial charge in [-0.15, -0.1) is 0 Å². The lowest BCUT2D eigenvalue weighted by atomic mass is 10.2. The molecule has 2 aromatic heterocycles. The highest BCUT2D eigenvalue weighted by Crippen LogP contribution is 2.14. The van der Waals surface area contributed by atoms with Gasteiger partial charge in [0.2, 0.25) is 0 Å². The van der Waals surface area contributed by atoms with E-state index in [4.69, 9.17) is 5.73 Å². The van der Waals surface area contributed by atoms with Gasteiger partial charge in [-0.25, -0.2) is 4.98 Å². The van der Waals surface area contributed by atoms with E-state index in [9.17, 15) is 4.79 Å². The van der Waals surface area contributed by atoms with E-state index in [1.807, 2.05) is 19.1 Å². The summed E-state index contributed by atoms with van der Waals surface area (Å²) in [5, 5.41) is 0. The van der Waals surface area contributed by atoms with Crippen LogP contribution in [-0.4, -0.2) is 15.9 Å². The first-order chi connectivity index (χ1) is 7.66. The number of carbonyl (C=O) groups is 1. The normalized spacial score (nSPS) is 10.1. The van der Waals surface area contributed by atoms with Gasteiger partial charge in [0.05, 0.1) is 11.4 Å². The second-order valence-corrected chi connectivity index (χ2v) is 3.49. The van der Waals surface area contributed by atoms with Crippen LogP contribution in [0.4, 0.5) is 0 Å². The van der Waals surface area contributed by atoms with Crippen LogP contribution in [0, 0.1) is 6.92 Å². The van der Waals surface area contributed by atoms with Crippen molar-refractivity contribution in [1.29, 1.82) is 0 Å². The molecule has 0 unspecified atom stereocenters. The molecule has 0 saturated carbocycles. The third-order valence-electron chi connectivity index (χ3n) is 2.18. The molecule has 1 amide bonds. The maximum Gasteiger partial charge on any atom is 0.267 e. The Kier molecular flexibility index (Phi) is 2.64. The fourth-order valence-corrected chi connectivity index (χ4v) is 1.33. The summed E-state index contributed by atoms with van der Waals surface area (Å²) in [7, 11) is 0. The molecule has 0 fully saturated rings. The number of pyridine rings is 2. The largest absolute Gasteiger partial charge is 0.364 e. The van der Waals surface area contributed by atoms with Crippen LogP contribution in [-0.2, 0) is 0 Å². The Morgan fingerprint density at radius 3 is 2.62 bits per heavy atom. The van der Waals surface area contributed by atoms with Crippen LogP contribution < -0.4 is 5.73 Å². The predicted octanol–water partition coefficient (Wildman–Crippen LogP) is 1.55. The van der Waals surface area contributed by atoms with Crippen LogP contribution >= 0.6 is 0 Å². The summed E-state index contributed by atoms with van der Waals surface area (Å²) < 4.78 is 0. The van der Waals surface area contributed by atoms with Crippen molar-refractivity contribution >= 4 is 5.91 Å². The van der Waals surface area contributed by atoms with Gasteiger partial charge in [-0.1, -0.05) is 12.1 Å². The third kappa shape index (κ3) is 2.06. The lowest BCUT2D eigenvalue weighted by Crippen LogP contribution is -2.13. The standard InChI is InChI=1S/C12H11N3O/c1-8-5-6-9(14-7-8)10-3-2-4-11(15-10)12(13)16/h2-7H,1H3,(H2,13,16). The van der Waals surface area contributed by atoms with E-state index in [0.29, 0.717) is 5.69 Å². The number of primary amides is 1. The van der Waals surface area contributed by atoms with Crippen molar-refractivity contribution in [1.82, 2.24) is 9.97 Å². The summed E-state index contributed by atoms with van der Waals surface area (Å²) in [4.78, 5) is 19.3. The van der Waals surface area contributed by atoms with Crippen molar-refractivity contribution in [2.24, 2.45) is 5.73 Å². The van der Waals surface area contributed by atoms with Crippen molar-refractivity contribution in [2.45, 2.75) is 6.92 Å². The van der Waals surface area contributed by atoms with Crippen LogP contribution in [0.5, 0.6) is 0 Å². The molecule has 0 bridgehead atoms. The zero-order valence-corrected chi connectivity index (χ0v) is 8.84. The molecule has 0 aliphatic heterocycles. The maximum atomic E-state index is 11.0. The zero-order valence-electron chi connectivity index (χ0n) is 8.84. The second-order valence-electron chi connectivity index (χ2n) is 3.49. The van der Waals surface area contributed by atoms with Gasteiger partial charge < -0.3 is 5.73 Å². The van der Waals surface area contributed by atoms with Crippen LogP contribution in [0.1, 0.15) is 16.1 Å². The minimum absolute atomic E-state index is 0.250. The topological polar surface area (TPSA) is 68.9 Å². The lowest BCUT2D eigenvalue weighted by molar-refractivity contribution is 0.0995. The summed E-state index contributed by atoms with van der Waals surface area (Å²) in [6.45, 7) is 1.96. The Hall–Kier alpha value is -2.23. The SMILES string of the molecule is Cc1ccc(-c2cccc(C(N)=O)n2)nc1. The first kappa shape index (κ1) is 10.3. The molecule has 2 rings (SSSR count). The molecular weight excluding hydrogens is 202 g/mol. The van der Waals surface area contributed by atoms with Crippen LogP contribution in [0.3, 0.4) is 0 Å². The summed E-state index contributed by atoms with van der Waals surface area (Å²) in [5.74, 6) is -0.533. The molecule has 0 atom stereocenters. The predicted molar refractivity (Wildman–Crippen MR) is 60.7 cm³/mol. The number of aromatic nitrogens is 2. The molecule has 2 N–H and O–H groups in total. The third-order valence-corrected chi connectivity index (χ3v) is 2.18. The van der Waals surface area contributed by atoms with E-state index < -0.39 is 5.91 Å². The molecule has 0 aromatic carbocycles. The second kappa shape index (κ2) is 4.10. The Morgan fingerprint density at radius 1 is 1.19 bits per heavy atom. The monoisotopic (exact) mass is 213 g/mol. The molecule has 4 nitrogen and oxygen atoms in total. The summed E-state index contributed by atoms with van der Waals surface area (Å²) in [6, 6.07) is 8.93. The quantitative estimate of drug-likeness (QED) is 0.822. The van der Waals surface area contributed by atoms with E-state index >= 15 is 0 Å². The molecule has 16 heavy (non-hydrogen) atoms. The van der Waals surface area contributed by atoms with Gasteiger partial charge in [-0.2, -0.15) is 0 Å². The van der Waals surface area contributed by atoms with Gasteiger partial charge in [0.1, 0.15) is 5.69 Å². The molecule has 4 heteroatoms. The fraction of sp³-hybridized carbons (Fsp3) is 0.0833. The zero-order chi connectivity index (χ0) is 11.5. The van der Waals surface area contributed by atoms with Gasteiger partial charge in [0.15, 0.2) is 0 Å². The van der Waals surface area contributed by atoms with Crippen molar-refractivity contribution in [3.8, 4) is 11.4 Å². The number of amides is 1. The van der Waals surface area contributed by atoms with Crippen LogP contribution in [0.25, 0.3) is 11.4 Å². The fourth-order valence-electron chi connectivity index (χ4n) is 1.33. The van der Waals surface area contributed by atoms with E-state index in [-0.39, 0.29) is 5.69 Å². The van der Waals surface area contributed by atoms with Crippen molar-refractivity contribution in [3.63, 3.8) is 0 Å². The molecule has 0 aliphatic carbocycles. The minimum Gasteiger partial charge on any atom is -0.364 e. The number of hydrogen-bond acceptors (Lipinski definition) is 3. The van der Waals surface area contributed by atoms with Gasteiger partial charge >= 0.3 is 0 Å². The Labute approximate surface area is 93.2 Å². The average Bonchev–Trinajstić information content (AvgIpc) is 2.30. The number of rotatable bonds is 2. The van der Waals surface area contributed by atoms with E-state index in [1.165, 1.54) is 0 Å². The molecule has 80 valence electrons. The van der Waals surface area contributed by atoms with Gasteiger partial charge in [-0.05, 0) is 30.7 Å². The number of nitrogens with zero attached hydrogens (tertiary/aromatic N) is 2. The lowest BCUT2D eigenvalue weighted by Gasteiger charge is -2.01. The average molecular weight is 213 g/mol. The highest BCUT2D eigenvalue weighted by Gasteiger charge is 2.05. The van der Waals surface area contributed by atoms with Crippen LogP contribution in [0.15, 0.2) is 36.5 Å². The van der Waals surface area contributed by atoms with Gasteiger partial charge in [-0.3, -0.25) is 9.78 Å². The van der Waals surface area contributed by atoms with Crippen molar-refractivity contribution in [2.75, 3.05) is 0 Å². The molecule has 0 spiro atoms. The molecule has 0 saturated heterocycles. The highest BCUT2D eigenvalue weighted by atomic mass is 16.1. The van der Waals surface area contributed by atoms with E-state index in [1.54, 1.807) is 24.4 Å². The smallest absolute Gasteiger partial charge is 0.267 e. The van der Waals surface area contributed by atoms with Gasteiger partial charge in [0.25, 0.3) is 5.91 Å². The molecule has 0 radical (unpaired) electrons. The number of nitrogens with two attached hydrogens (primary N) is 1. The van der Waals surface area contributed by atoms with E-state index in [0.717, 1.165) is 11.3 Å². The molecule has 2 heterocycles. The number of hydrogen-bond donors (Lipinski definition) is 1. The first-order valence-electron chi connectivity index (χ1n) is 4.87. The summed E-state index contributed by atoms with van der Waals surface area (Å²) in [6.07, 6.45) is 1.76. The van der Waals surface area contributed by atoms with Crippen molar-refractivity contribution < 1.29 is 4.79 Å².